The second kappa shape index (κ2) is 7.17. The van der Waals surface area contributed by atoms with Gasteiger partial charge in [-0.3, -0.25) is 4.90 Å². The normalized spacial score (nSPS) is 18.5. The Bertz CT molecular complexity index is 611. The number of hydrogen-bond acceptors (Lipinski definition) is 2. The van der Waals surface area contributed by atoms with Crippen LogP contribution in [0, 0.1) is 0 Å². The Balaban J connectivity index is 1.63. The summed E-state index contributed by atoms with van der Waals surface area (Å²) in [4.78, 5) is 2.39. The number of likely N-dealkylation sites (tertiary alicyclic amines) is 1. The van der Waals surface area contributed by atoms with Gasteiger partial charge in [-0.05, 0) is 61.2 Å². The first-order valence-corrected chi connectivity index (χ1v) is 8.36. The van der Waals surface area contributed by atoms with Crippen LogP contribution in [0.3, 0.4) is 0 Å². The first-order valence-electron chi connectivity index (χ1n) is 7.98. The van der Waals surface area contributed by atoms with Crippen molar-refractivity contribution < 1.29 is 4.74 Å². The van der Waals surface area contributed by atoms with E-state index in [-0.39, 0.29) is 6.23 Å². The van der Waals surface area contributed by atoms with Crippen LogP contribution < -0.4 is 4.74 Å². The van der Waals surface area contributed by atoms with E-state index in [9.17, 15) is 0 Å². The van der Waals surface area contributed by atoms with Gasteiger partial charge in [0.15, 0.2) is 6.23 Å². The Morgan fingerprint density at radius 1 is 1.14 bits per heavy atom. The molecule has 1 fully saturated rings. The molecule has 0 aliphatic carbocycles. The quantitative estimate of drug-likeness (QED) is 0.789. The second-order valence-electron chi connectivity index (χ2n) is 5.79. The Kier molecular flexibility index (Phi) is 5.01. The van der Waals surface area contributed by atoms with Crippen molar-refractivity contribution in [2.75, 3.05) is 13.1 Å². The molecule has 0 amide bonds. The van der Waals surface area contributed by atoms with E-state index in [1.165, 1.54) is 17.5 Å². The first-order chi connectivity index (χ1) is 10.7. The van der Waals surface area contributed by atoms with Crippen LogP contribution in [0.1, 0.15) is 30.9 Å². The van der Waals surface area contributed by atoms with E-state index in [4.69, 9.17) is 16.3 Å². The van der Waals surface area contributed by atoms with Gasteiger partial charge in [0, 0.05) is 11.6 Å². The summed E-state index contributed by atoms with van der Waals surface area (Å²) in [7, 11) is 0. The maximum absolute atomic E-state index is 6.11. The molecular formula is C19H22ClNO. The van der Waals surface area contributed by atoms with Crippen LogP contribution >= 0.6 is 11.6 Å². The van der Waals surface area contributed by atoms with Gasteiger partial charge in [0.1, 0.15) is 5.75 Å². The number of rotatable bonds is 5. The summed E-state index contributed by atoms with van der Waals surface area (Å²) in [5.74, 6) is 0.959. The van der Waals surface area contributed by atoms with Gasteiger partial charge in [-0.2, -0.15) is 0 Å². The number of benzene rings is 2. The predicted molar refractivity (Wildman–Crippen MR) is 91.6 cm³/mol. The van der Waals surface area contributed by atoms with Crippen LogP contribution in [0.15, 0.2) is 48.5 Å². The van der Waals surface area contributed by atoms with Crippen LogP contribution in [0.25, 0.3) is 0 Å². The van der Waals surface area contributed by atoms with Crippen molar-refractivity contribution in [3.05, 3.63) is 64.7 Å². The highest BCUT2D eigenvalue weighted by Gasteiger charge is 2.24. The Labute approximate surface area is 137 Å². The van der Waals surface area contributed by atoms with Crippen molar-refractivity contribution in [3.63, 3.8) is 0 Å². The molecule has 1 unspecified atom stereocenters. The van der Waals surface area contributed by atoms with E-state index in [2.05, 4.69) is 42.2 Å². The van der Waals surface area contributed by atoms with Crippen molar-refractivity contribution >= 4 is 11.6 Å². The third-order valence-electron chi connectivity index (χ3n) is 4.20. The summed E-state index contributed by atoms with van der Waals surface area (Å²) in [5.41, 5.74) is 2.50. The summed E-state index contributed by atoms with van der Waals surface area (Å²) in [6.07, 6.45) is 3.48. The van der Waals surface area contributed by atoms with Crippen molar-refractivity contribution in [2.24, 2.45) is 0 Å². The van der Waals surface area contributed by atoms with E-state index in [1.54, 1.807) is 0 Å². The molecule has 1 atom stereocenters. The molecule has 2 aromatic rings. The first kappa shape index (κ1) is 15.4. The number of halogens is 1. The molecule has 2 aromatic carbocycles. The van der Waals surface area contributed by atoms with E-state index in [1.807, 2.05) is 18.2 Å². The van der Waals surface area contributed by atoms with Gasteiger partial charge in [0.25, 0.3) is 0 Å². The Morgan fingerprint density at radius 3 is 2.68 bits per heavy atom. The highest BCUT2D eigenvalue weighted by Crippen LogP contribution is 2.23. The van der Waals surface area contributed by atoms with Gasteiger partial charge in [0.05, 0.1) is 0 Å². The van der Waals surface area contributed by atoms with Gasteiger partial charge in [0.2, 0.25) is 0 Å². The molecule has 0 N–H and O–H groups in total. The molecule has 0 bridgehead atoms. The van der Waals surface area contributed by atoms with Crippen molar-refractivity contribution in [2.45, 2.75) is 32.4 Å². The molecule has 0 aromatic heterocycles. The lowest BCUT2D eigenvalue weighted by atomic mass is 10.1. The van der Waals surface area contributed by atoms with Crippen LogP contribution in [-0.2, 0) is 6.42 Å². The highest BCUT2D eigenvalue weighted by molar-refractivity contribution is 6.30. The van der Waals surface area contributed by atoms with E-state index >= 15 is 0 Å². The van der Waals surface area contributed by atoms with Crippen LogP contribution in [0.5, 0.6) is 5.75 Å². The largest absolute Gasteiger partial charge is 0.475 e. The summed E-state index contributed by atoms with van der Waals surface area (Å²) >= 11 is 6.03. The van der Waals surface area contributed by atoms with Gasteiger partial charge >= 0.3 is 0 Å². The zero-order valence-electron chi connectivity index (χ0n) is 13.0. The standard InChI is InChI=1S/C19H22ClNO/c1-2-21-12-4-7-19(21)22-18-10-8-15(9-11-18)13-16-5-3-6-17(20)14-16/h3,5-6,8-11,14,19H,2,4,7,12-13H2,1H3. The minimum atomic E-state index is 0.240. The minimum absolute atomic E-state index is 0.240. The van der Waals surface area contributed by atoms with Crippen molar-refractivity contribution in [1.82, 2.24) is 4.90 Å². The molecule has 0 saturated carbocycles. The average molecular weight is 316 g/mol. The Hall–Kier alpha value is -1.51. The van der Waals surface area contributed by atoms with Gasteiger partial charge in [-0.15, -0.1) is 0 Å². The van der Waals surface area contributed by atoms with Gasteiger partial charge < -0.3 is 4.74 Å². The third kappa shape index (κ3) is 3.82. The lowest BCUT2D eigenvalue weighted by molar-refractivity contribution is 0.0650. The fourth-order valence-electron chi connectivity index (χ4n) is 3.02. The number of nitrogens with zero attached hydrogens (tertiary/aromatic N) is 1. The molecule has 116 valence electrons. The lowest BCUT2D eigenvalue weighted by Gasteiger charge is -2.23. The average Bonchev–Trinajstić information content (AvgIpc) is 2.96. The number of hydrogen-bond donors (Lipinski definition) is 0. The minimum Gasteiger partial charge on any atom is -0.475 e. The molecule has 1 heterocycles. The van der Waals surface area contributed by atoms with Gasteiger partial charge in [-0.1, -0.05) is 42.8 Å². The third-order valence-corrected chi connectivity index (χ3v) is 4.44. The summed E-state index contributed by atoms with van der Waals surface area (Å²) < 4.78 is 6.11. The molecule has 1 aliphatic rings. The van der Waals surface area contributed by atoms with Crippen LogP contribution in [0.4, 0.5) is 0 Å². The van der Waals surface area contributed by atoms with Crippen LogP contribution in [-0.4, -0.2) is 24.2 Å². The SMILES string of the molecule is CCN1CCCC1Oc1ccc(Cc2cccc(Cl)c2)cc1. The smallest absolute Gasteiger partial charge is 0.152 e. The maximum atomic E-state index is 6.11. The molecule has 2 nitrogen and oxygen atoms in total. The molecular weight excluding hydrogens is 294 g/mol. The van der Waals surface area contributed by atoms with E-state index in [0.717, 1.165) is 36.7 Å². The molecule has 22 heavy (non-hydrogen) atoms. The fraction of sp³-hybridized carbons (Fsp3) is 0.368. The second-order valence-corrected chi connectivity index (χ2v) is 6.23. The van der Waals surface area contributed by atoms with E-state index in [0.29, 0.717) is 0 Å². The lowest BCUT2D eigenvalue weighted by Crippen LogP contribution is -2.33. The molecule has 3 heteroatoms. The number of ether oxygens (including phenoxy) is 1. The Morgan fingerprint density at radius 2 is 1.95 bits per heavy atom. The summed E-state index contributed by atoms with van der Waals surface area (Å²) in [6.45, 7) is 4.39. The van der Waals surface area contributed by atoms with Crippen molar-refractivity contribution in [3.8, 4) is 5.75 Å². The predicted octanol–water partition coefficient (Wildman–Crippen LogP) is 4.75. The fourth-order valence-corrected chi connectivity index (χ4v) is 3.23. The molecule has 0 radical (unpaired) electrons. The highest BCUT2D eigenvalue weighted by atomic mass is 35.5. The zero-order chi connectivity index (χ0) is 15.4. The molecule has 1 saturated heterocycles. The van der Waals surface area contributed by atoms with Gasteiger partial charge in [-0.25, -0.2) is 0 Å². The molecule has 3 rings (SSSR count). The maximum Gasteiger partial charge on any atom is 0.152 e. The molecule has 1 aliphatic heterocycles. The van der Waals surface area contributed by atoms with Crippen molar-refractivity contribution in [1.29, 1.82) is 0 Å². The monoisotopic (exact) mass is 315 g/mol. The summed E-state index contributed by atoms with van der Waals surface area (Å²) in [6, 6.07) is 16.5. The topological polar surface area (TPSA) is 12.5 Å². The summed E-state index contributed by atoms with van der Waals surface area (Å²) in [5, 5.41) is 0.790. The molecule has 0 spiro atoms. The van der Waals surface area contributed by atoms with Crippen LogP contribution in [0.2, 0.25) is 5.02 Å². The van der Waals surface area contributed by atoms with E-state index < -0.39 is 0 Å². The zero-order valence-corrected chi connectivity index (χ0v) is 13.7.